The molecule has 15 heavy (non-hydrogen) atoms. The lowest BCUT2D eigenvalue weighted by Gasteiger charge is -2.19. The van der Waals surface area contributed by atoms with Crippen LogP contribution in [0.25, 0.3) is 0 Å². The summed E-state index contributed by atoms with van der Waals surface area (Å²) in [6, 6.07) is 5.86. The van der Waals surface area contributed by atoms with Crippen LogP contribution in [0.15, 0.2) is 18.2 Å². The number of phenols is 1. The van der Waals surface area contributed by atoms with Crippen molar-refractivity contribution in [2.24, 2.45) is 11.7 Å². The first-order chi connectivity index (χ1) is 7.18. The molecule has 2 nitrogen and oxygen atoms in total. The summed E-state index contributed by atoms with van der Waals surface area (Å²) in [5.41, 5.74) is 8.32. The molecule has 0 aromatic heterocycles. The fourth-order valence-electron chi connectivity index (χ4n) is 2.47. The van der Waals surface area contributed by atoms with Gasteiger partial charge in [0.1, 0.15) is 5.75 Å². The van der Waals surface area contributed by atoms with E-state index in [2.05, 4.69) is 0 Å². The Labute approximate surface area is 91.1 Å². The van der Waals surface area contributed by atoms with Crippen LogP contribution < -0.4 is 5.73 Å². The van der Waals surface area contributed by atoms with Crippen molar-refractivity contribution in [3.63, 3.8) is 0 Å². The Hall–Kier alpha value is -1.02. The Morgan fingerprint density at radius 3 is 2.60 bits per heavy atom. The molecule has 2 heteroatoms. The van der Waals surface area contributed by atoms with Gasteiger partial charge in [-0.15, -0.1) is 0 Å². The van der Waals surface area contributed by atoms with E-state index in [1.807, 2.05) is 19.1 Å². The minimum atomic E-state index is 0.145. The minimum Gasteiger partial charge on any atom is -0.508 e. The van der Waals surface area contributed by atoms with Crippen LogP contribution in [0.1, 0.15) is 42.9 Å². The largest absolute Gasteiger partial charge is 0.508 e. The highest BCUT2D eigenvalue weighted by Crippen LogP contribution is 2.35. The van der Waals surface area contributed by atoms with Crippen molar-refractivity contribution in [2.75, 3.05) is 0 Å². The molecule has 1 aliphatic carbocycles. The Morgan fingerprint density at radius 2 is 2.00 bits per heavy atom. The molecule has 1 aliphatic rings. The van der Waals surface area contributed by atoms with E-state index in [1.165, 1.54) is 25.7 Å². The lowest BCUT2D eigenvalue weighted by atomic mass is 9.91. The molecule has 1 saturated carbocycles. The molecule has 0 radical (unpaired) electrons. The van der Waals surface area contributed by atoms with E-state index in [-0.39, 0.29) is 6.04 Å². The first kappa shape index (κ1) is 10.5. The van der Waals surface area contributed by atoms with Crippen LogP contribution in [0.3, 0.4) is 0 Å². The van der Waals surface area contributed by atoms with Crippen LogP contribution in [-0.2, 0) is 0 Å². The lowest BCUT2D eigenvalue weighted by molar-refractivity contribution is 0.442. The van der Waals surface area contributed by atoms with Gasteiger partial charge in [0.05, 0.1) is 0 Å². The third-order valence-corrected chi connectivity index (χ3v) is 3.51. The van der Waals surface area contributed by atoms with Gasteiger partial charge in [-0.1, -0.05) is 25.0 Å². The van der Waals surface area contributed by atoms with Gasteiger partial charge in [0.15, 0.2) is 0 Å². The maximum absolute atomic E-state index is 9.45. The van der Waals surface area contributed by atoms with Crippen LogP contribution in [0.5, 0.6) is 5.75 Å². The third-order valence-electron chi connectivity index (χ3n) is 3.51. The van der Waals surface area contributed by atoms with Crippen molar-refractivity contribution in [2.45, 2.75) is 38.6 Å². The zero-order chi connectivity index (χ0) is 10.8. The van der Waals surface area contributed by atoms with Gasteiger partial charge in [0, 0.05) is 6.04 Å². The van der Waals surface area contributed by atoms with E-state index < -0.39 is 0 Å². The summed E-state index contributed by atoms with van der Waals surface area (Å²) < 4.78 is 0. The van der Waals surface area contributed by atoms with Crippen molar-refractivity contribution in [1.29, 1.82) is 0 Å². The Bertz CT molecular complexity index is 342. The number of phenolic OH excluding ortho intramolecular Hbond substituents is 1. The summed E-state index contributed by atoms with van der Waals surface area (Å²) in [6.45, 7) is 1.92. The van der Waals surface area contributed by atoms with Crippen LogP contribution >= 0.6 is 0 Å². The molecule has 1 atom stereocenters. The molecular formula is C13H19NO. The molecule has 1 aromatic rings. The zero-order valence-corrected chi connectivity index (χ0v) is 9.24. The monoisotopic (exact) mass is 205 g/mol. The number of rotatable bonds is 2. The van der Waals surface area contributed by atoms with Gasteiger partial charge in [-0.3, -0.25) is 0 Å². The van der Waals surface area contributed by atoms with Crippen LogP contribution in [0.2, 0.25) is 0 Å². The second-order valence-electron chi connectivity index (χ2n) is 4.62. The number of aromatic hydroxyl groups is 1. The van der Waals surface area contributed by atoms with Gasteiger partial charge in [-0.25, -0.2) is 0 Å². The summed E-state index contributed by atoms with van der Waals surface area (Å²) in [5, 5.41) is 9.45. The summed E-state index contributed by atoms with van der Waals surface area (Å²) in [7, 11) is 0. The highest BCUT2D eigenvalue weighted by Gasteiger charge is 2.23. The number of hydrogen-bond donors (Lipinski definition) is 2. The molecule has 0 saturated heterocycles. The molecule has 82 valence electrons. The highest BCUT2D eigenvalue weighted by molar-refractivity contribution is 5.36. The average Bonchev–Trinajstić information content (AvgIpc) is 2.74. The van der Waals surface area contributed by atoms with Gasteiger partial charge >= 0.3 is 0 Å². The van der Waals surface area contributed by atoms with Crippen molar-refractivity contribution in [3.8, 4) is 5.75 Å². The molecule has 2 rings (SSSR count). The van der Waals surface area contributed by atoms with E-state index in [9.17, 15) is 5.11 Å². The third kappa shape index (κ3) is 2.15. The average molecular weight is 205 g/mol. The predicted molar refractivity (Wildman–Crippen MR) is 61.7 cm³/mol. The smallest absolute Gasteiger partial charge is 0.118 e. The van der Waals surface area contributed by atoms with E-state index in [0.29, 0.717) is 11.7 Å². The second-order valence-corrected chi connectivity index (χ2v) is 4.62. The number of hydrogen-bond acceptors (Lipinski definition) is 2. The molecule has 0 spiro atoms. The van der Waals surface area contributed by atoms with E-state index in [1.54, 1.807) is 6.07 Å². The standard InChI is InChI=1S/C13H19NO/c1-9-8-11(6-7-12(9)15)13(14)10-4-2-3-5-10/h6-8,10,13,15H,2-5,14H2,1H3/t13-/m1/s1. The van der Waals surface area contributed by atoms with Crippen molar-refractivity contribution >= 4 is 0 Å². The maximum Gasteiger partial charge on any atom is 0.118 e. The van der Waals surface area contributed by atoms with Crippen molar-refractivity contribution < 1.29 is 5.11 Å². The summed E-state index contributed by atoms with van der Waals surface area (Å²) in [4.78, 5) is 0. The minimum absolute atomic E-state index is 0.145. The predicted octanol–water partition coefficient (Wildman–Crippen LogP) is 2.89. The first-order valence-electron chi connectivity index (χ1n) is 5.73. The summed E-state index contributed by atoms with van der Waals surface area (Å²) in [5.74, 6) is 0.992. The van der Waals surface area contributed by atoms with Crippen LogP contribution in [0, 0.1) is 12.8 Å². The molecule has 0 aliphatic heterocycles. The lowest BCUT2D eigenvalue weighted by Crippen LogP contribution is -2.19. The fraction of sp³-hybridized carbons (Fsp3) is 0.538. The van der Waals surface area contributed by atoms with Gasteiger partial charge in [-0.05, 0) is 42.9 Å². The topological polar surface area (TPSA) is 46.2 Å². The Kier molecular flexibility index (Phi) is 2.96. The van der Waals surface area contributed by atoms with Crippen molar-refractivity contribution in [1.82, 2.24) is 0 Å². The number of aryl methyl sites for hydroxylation is 1. The summed E-state index contributed by atoms with van der Waals surface area (Å²) in [6.07, 6.45) is 5.13. The van der Waals surface area contributed by atoms with Gasteiger partial charge < -0.3 is 10.8 Å². The Balaban J connectivity index is 2.17. The summed E-state index contributed by atoms with van der Waals surface area (Å²) >= 11 is 0. The van der Waals surface area contributed by atoms with Gasteiger partial charge in [-0.2, -0.15) is 0 Å². The SMILES string of the molecule is Cc1cc([C@H](N)C2CCCC2)ccc1O. The second kappa shape index (κ2) is 4.23. The molecule has 1 aromatic carbocycles. The normalized spacial score (nSPS) is 19.3. The maximum atomic E-state index is 9.45. The molecule has 3 N–H and O–H groups in total. The molecule has 0 heterocycles. The molecule has 1 fully saturated rings. The van der Waals surface area contributed by atoms with Gasteiger partial charge in [0.25, 0.3) is 0 Å². The van der Waals surface area contributed by atoms with E-state index in [0.717, 1.165) is 11.1 Å². The number of benzene rings is 1. The molecule has 0 unspecified atom stereocenters. The first-order valence-corrected chi connectivity index (χ1v) is 5.73. The number of nitrogens with two attached hydrogens (primary N) is 1. The highest BCUT2D eigenvalue weighted by atomic mass is 16.3. The van der Waals surface area contributed by atoms with E-state index >= 15 is 0 Å². The fourth-order valence-corrected chi connectivity index (χ4v) is 2.47. The van der Waals surface area contributed by atoms with Crippen molar-refractivity contribution in [3.05, 3.63) is 29.3 Å². The van der Waals surface area contributed by atoms with E-state index in [4.69, 9.17) is 5.73 Å². The molecule has 0 amide bonds. The quantitative estimate of drug-likeness (QED) is 0.779. The molecular weight excluding hydrogens is 186 g/mol. The molecule has 0 bridgehead atoms. The zero-order valence-electron chi connectivity index (χ0n) is 9.24. The van der Waals surface area contributed by atoms with Crippen LogP contribution in [0.4, 0.5) is 0 Å². The van der Waals surface area contributed by atoms with Crippen LogP contribution in [-0.4, -0.2) is 5.11 Å². The Morgan fingerprint density at radius 1 is 1.33 bits per heavy atom. The van der Waals surface area contributed by atoms with Gasteiger partial charge in [0.2, 0.25) is 0 Å².